The van der Waals surface area contributed by atoms with E-state index in [9.17, 15) is 9.59 Å². The number of amides is 1. The summed E-state index contributed by atoms with van der Waals surface area (Å²) in [4.78, 5) is 24.1. The van der Waals surface area contributed by atoms with Crippen molar-refractivity contribution < 1.29 is 14.3 Å². The summed E-state index contributed by atoms with van der Waals surface area (Å²) in [6.07, 6.45) is 0. The molecule has 0 aromatic heterocycles. The lowest BCUT2D eigenvalue weighted by Crippen LogP contribution is -2.26. The van der Waals surface area contributed by atoms with Gasteiger partial charge in [-0.05, 0) is 31.2 Å². The van der Waals surface area contributed by atoms with Crippen molar-refractivity contribution in [1.29, 1.82) is 0 Å². The van der Waals surface area contributed by atoms with Crippen LogP contribution in [0.1, 0.15) is 36.7 Å². The summed E-state index contributed by atoms with van der Waals surface area (Å²) in [5, 5.41) is 2.83. The van der Waals surface area contributed by atoms with E-state index in [2.05, 4.69) is 5.32 Å². The maximum Gasteiger partial charge on any atom is 0.255 e. The Balaban J connectivity index is 2.01. The Bertz CT molecular complexity index is 727. The number of Topliss-reactive ketones (excluding diaryl/α,β-unsaturated/α-hetero) is 1. The number of carbonyl (C=O) groups excluding carboxylic acids is 2. The van der Waals surface area contributed by atoms with Crippen LogP contribution in [0.15, 0.2) is 48.5 Å². The Kier molecular flexibility index (Phi) is 5.39. The molecule has 2 aromatic rings. The molecule has 24 heavy (non-hydrogen) atoms. The van der Waals surface area contributed by atoms with Crippen molar-refractivity contribution in [3.8, 4) is 5.75 Å². The summed E-state index contributed by atoms with van der Waals surface area (Å²) < 4.78 is 5.54. The van der Waals surface area contributed by atoms with Crippen molar-refractivity contribution >= 4 is 17.4 Å². The first-order chi connectivity index (χ1) is 11.3. The van der Waals surface area contributed by atoms with E-state index in [1.165, 1.54) is 0 Å². The first-order valence-electron chi connectivity index (χ1n) is 7.90. The molecular formula is C20H23NO3. The standard InChI is InChI=1S/C20H23NO3/c1-14-8-10-15(11-9-14)19(23)21-16-6-5-7-17(12-16)24-13-18(22)20(2,3)4/h5-12H,13H2,1-4H3,(H,21,23). The summed E-state index contributed by atoms with van der Waals surface area (Å²) >= 11 is 0. The number of rotatable bonds is 5. The van der Waals surface area contributed by atoms with E-state index in [1.807, 2.05) is 39.8 Å². The fraction of sp³-hybridized carbons (Fsp3) is 0.300. The molecule has 0 aliphatic heterocycles. The van der Waals surface area contributed by atoms with E-state index in [0.717, 1.165) is 5.56 Å². The average Bonchev–Trinajstić information content (AvgIpc) is 2.52. The maximum atomic E-state index is 12.2. The Hall–Kier alpha value is -2.62. The number of aryl methyl sites for hydroxylation is 1. The van der Waals surface area contributed by atoms with Gasteiger partial charge in [-0.25, -0.2) is 0 Å². The molecular weight excluding hydrogens is 302 g/mol. The second kappa shape index (κ2) is 7.30. The van der Waals surface area contributed by atoms with E-state index in [-0.39, 0.29) is 18.3 Å². The quantitative estimate of drug-likeness (QED) is 0.894. The van der Waals surface area contributed by atoms with Crippen molar-refractivity contribution in [2.75, 3.05) is 11.9 Å². The topological polar surface area (TPSA) is 55.4 Å². The molecule has 0 fully saturated rings. The Morgan fingerprint density at radius 1 is 1.04 bits per heavy atom. The molecule has 1 amide bonds. The molecule has 0 heterocycles. The van der Waals surface area contributed by atoms with Gasteiger partial charge in [0.05, 0.1) is 0 Å². The number of benzene rings is 2. The summed E-state index contributed by atoms with van der Waals surface area (Å²) in [6.45, 7) is 7.56. The lowest BCUT2D eigenvalue weighted by Gasteiger charge is -2.17. The maximum absolute atomic E-state index is 12.2. The van der Waals surface area contributed by atoms with Crippen LogP contribution < -0.4 is 10.1 Å². The van der Waals surface area contributed by atoms with Crippen molar-refractivity contribution in [2.45, 2.75) is 27.7 Å². The molecule has 2 rings (SSSR count). The molecule has 0 saturated heterocycles. The molecule has 0 bridgehead atoms. The van der Waals surface area contributed by atoms with E-state index in [4.69, 9.17) is 4.74 Å². The van der Waals surface area contributed by atoms with Gasteiger partial charge in [0.2, 0.25) is 0 Å². The van der Waals surface area contributed by atoms with Gasteiger partial charge in [-0.1, -0.05) is 44.5 Å². The molecule has 126 valence electrons. The lowest BCUT2D eigenvalue weighted by atomic mass is 9.91. The van der Waals surface area contributed by atoms with Crippen LogP contribution in [0.25, 0.3) is 0 Å². The Labute approximate surface area is 142 Å². The van der Waals surface area contributed by atoms with Gasteiger partial charge < -0.3 is 10.1 Å². The summed E-state index contributed by atoms with van der Waals surface area (Å²) in [5.74, 6) is 0.392. The van der Waals surface area contributed by atoms with Gasteiger partial charge >= 0.3 is 0 Å². The number of ketones is 1. The molecule has 1 N–H and O–H groups in total. The third-order valence-electron chi connectivity index (χ3n) is 3.61. The van der Waals surface area contributed by atoms with Crippen LogP contribution in [0.2, 0.25) is 0 Å². The molecule has 0 atom stereocenters. The number of hydrogen-bond donors (Lipinski definition) is 1. The highest BCUT2D eigenvalue weighted by atomic mass is 16.5. The third-order valence-corrected chi connectivity index (χ3v) is 3.61. The molecule has 0 aliphatic rings. The number of carbonyl (C=O) groups is 2. The molecule has 0 spiro atoms. The zero-order valence-corrected chi connectivity index (χ0v) is 14.6. The van der Waals surface area contributed by atoms with Gasteiger partial charge in [-0.3, -0.25) is 9.59 Å². The van der Waals surface area contributed by atoms with Gasteiger partial charge in [0, 0.05) is 22.7 Å². The van der Waals surface area contributed by atoms with Crippen LogP contribution in [0, 0.1) is 12.3 Å². The van der Waals surface area contributed by atoms with Crippen LogP contribution in [-0.4, -0.2) is 18.3 Å². The highest BCUT2D eigenvalue weighted by Gasteiger charge is 2.21. The largest absolute Gasteiger partial charge is 0.486 e. The molecule has 0 unspecified atom stereocenters. The van der Waals surface area contributed by atoms with Gasteiger partial charge in [-0.2, -0.15) is 0 Å². The monoisotopic (exact) mass is 325 g/mol. The van der Waals surface area contributed by atoms with Crippen molar-refractivity contribution in [2.24, 2.45) is 5.41 Å². The smallest absolute Gasteiger partial charge is 0.255 e. The van der Waals surface area contributed by atoms with Crippen molar-refractivity contribution in [3.63, 3.8) is 0 Å². The molecule has 0 aliphatic carbocycles. The van der Waals surface area contributed by atoms with Gasteiger partial charge in [0.25, 0.3) is 5.91 Å². The van der Waals surface area contributed by atoms with Gasteiger partial charge in [0.1, 0.15) is 12.4 Å². The minimum absolute atomic E-state index is 0.0128. The molecule has 2 aromatic carbocycles. The third kappa shape index (κ3) is 4.95. The van der Waals surface area contributed by atoms with E-state index in [0.29, 0.717) is 17.0 Å². The van der Waals surface area contributed by atoms with Gasteiger partial charge in [0.15, 0.2) is 5.78 Å². The Morgan fingerprint density at radius 2 is 1.71 bits per heavy atom. The number of nitrogens with one attached hydrogen (secondary N) is 1. The van der Waals surface area contributed by atoms with Crippen LogP contribution in [-0.2, 0) is 4.79 Å². The van der Waals surface area contributed by atoms with Crippen LogP contribution in [0.3, 0.4) is 0 Å². The minimum Gasteiger partial charge on any atom is -0.486 e. The number of hydrogen-bond acceptors (Lipinski definition) is 3. The summed E-state index contributed by atoms with van der Waals surface area (Å²) in [5.41, 5.74) is 1.89. The zero-order valence-electron chi connectivity index (χ0n) is 14.6. The second-order valence-electron chi connectivity index (χ2n) is 6.81. The van der Waals surface area contributed by atoms with Crippen molar-refractivity contribution in [3.05, 3.63) is 59.7 Å². The first kappa shape index (κ1) is 17.7. The molecule has 4 heteroatoms. The SMILES string of the molecule is Cc1ccc(C(=O)Nc2cccc(OCC(=O)C(C)(C)C)c2)cc1. The fourth-order valence-corrected chi connectivity index (χ4v) is 1.94. The highest BCUT2D eigenvalue weighted by Crippen LogP contribution is 2.20. The zero-order chi connectivity index (χ0) is 17.7. The van der Waals surface area contributed by atoms with Crippen LogP contribution in [0.5, 0.6) is 5.75 Å². The fourth-order valence-electron chi connectivity index (χ4n) is 1.94. The minimum atomic E-state index is -0.433. The predicted molar refractivity (Wildman–Crippen MR) is 95.5 cm³/mol. The molecule has 0 saturated carbocycles. The Morgan fingerprint density at radius 3 is 2.33 bits per heavy atom. The summed E-state index contributed by atoms with van der Waals surface area (Å²) in [7, 11) is 0. The second-order valence-corrected chi connectivity index (χ2v) is 6.81. The average molecular weight is 325 g/mol. The normalized spacial score (nSPS) is 11.0. The molecule has 4 nitrogen and oxygen atoms in total. The van der Waals surface area contributed by atoms with E-state index < -0.39 is 5.41 Å². The van der Waals surface area contributed by atoms with E-state index in [1.54, 1.807) is 36.4 Å². The first-order valence-corrected chi connectivity index (χ1v) is 7.90. The predicted octanol–water partition coefficient (Wildman–Crippen LogP) is 4.24. The van der Waals surface area contributed by atoms with Gasteiger partial charge in [-0.15, -0.1) is 0 Å². The van der Waals surface area contributed by atoms with Crippen molar-refractivity contribution in [1.82, 2.24) is 0 Å². The number of anilines is 1. The highest BCUT2D eigenvalue weighted by molar-refractivity contribution is 6.04. The van der Waals surface area contributed by atoms with Crippen LogP contribution >= 0.6 is 0 Å². The van der Waals surface area contributed by atoms with Crippen LogP contribution in [0.4, 0.5) is 5.69 Å². The number of ether oxygens (including phenoxy) is 1. The lowest BCUT2D eigenvalue weighted by molar-refractivity contribution is -0.128. The molecule has 0 radical (unpaired) electrons. The summed E-state index contributed by atoms with van der Waals surface area (Å²) in [6, 6.07) is 14.4. The van der Waals surface area contributed by atoms with E-state index >= 15 is 0 Å².